The summed E-state index contributed by atoms with van der Waals surface area (Å²) in [4.78, 5) is 15.5. The fourth-order valence-corrected chi connectivity index (χ4v) is 7.37. The molecule has 246 valence electrons. The van der Waals surface area contributed by atoms with E-state index in [0.29, 0.717) is 44.9 Å². The zero-order chi connectivity index (χ0) is 32.2. The van der Waals surface area contributed by atoms with Gasteiger partial charge in [-0.3, -0.25) is 9.58 Å². The number of carboxylic acids is 1. The highest BCUT2D eigenvalue weighted by Gasteiger charge is 2.28. The summed E-state index contributed by atoms with van der Waals surface area (Å²) < 4.78 is 22.2. The van der Waals surface area contributed by atoms with Crippen LogP contribution in [-0.4, -0.2) is 76.4 Å². The van der Waals surface area contributed by atoms with Crippen molar-refractivity contribution >= 4 is 27.6 Å². The predicted octanol–water partition coefficient (Wildman–Crippen LogP) is 6.57. The van der Waals surface area contributed by atoms with Crippen LogP contribution in [0, 0.1) is 0 Å². The molecule has 0 unspecified atom stereocenters. The van der Waals surface area contributed by atoms with Crippen LogP contribution >= 0.6 is 0 Å². The molecule has 7 rings (SSSR count). The Morgan fingerprint density at radius 2 is 1.72 bits per heavy atom. The molecule has 1 fully saturated rings. The lowest BCUT2D eigenvalue weighted by atomic mass is 9.97. The first-order valence-corrected chi connectivity index (χ1v) is 17.1. The summed E-state index contributed by atoms with van der Waals surface area (Å²) in [6, 6.07) is 20.6. The molecule has 4 heterocycles. The molecule has 0 atom stereocenters. The highest BCUT2D eigenvalue weighted by atomic mass is 16.5. The second-order valence-electron chi connectivity index (χ2n) is 12.5. The first-order valence-electron chi connectivity index (χ1n) is 17.1. The molecule has 2 aromatic heterocycles. The number of rotatable bonds is 10. The number of para-hydroxylation sites is 1. The largest absolute Gasteiger partial charge is 0.493 e. The Labute approximate surface area is 275 Å². The van der Waals surface area contributed by atoms with E-state index in [1.165, 1.54) is 5.69 Å². The van der Waals surface area contributed by atoms with Crippen LogP contribution in [-0.2, 0) is 42.0 Å². The summed E-state index contributed by atoms with van der Waals surface area (Å²) in [6.07, 6.45) is 3.80. The number of hydrogen-bond acceptors (Lipinski definition) is 6. The molecule has 9 heteroatoms. The molecular weight excluding hydrogens is 592 g/mol. The van der Waals surface area contributed by atoms with E-state index >= 15 is 0 Å². The fourth-order valence-electron chi connectivity index (χ4n) is 7.37. The lowest BCUT2D eigenvalue weighted by Crippen LogP contribution is -2.38. The van der Waals surface area contributed by atoms with Crippen molar-refractivity contribution in [2.75, 3.05) is 46.1 Å². The van der Waals surface area contributed by atoms with Crippen LogP contribution in [0.3, 0.4) is 0 Å². The van der Waals surface area contributed by atoms with Gasteiger partial charge in [-0.1, -0.05) is 61.5 Å². The Morgan fingerprint density at radius 1 is 0.915 bits per heavy atom. The van der Waals surface area contributed by atoms with E-state index in [9.17, 15) is 9.90 Å². The van der Waals surface area contributed by atoms with E-state index < -0.39 is 5.97 Å². The van der Waals surface area contributed by atoms with Crippen molar-refractivity contribution in [3.8, 4) is 16.9 Å². The first kappa shape index (κ1) is 31.4. The number of nitrogens with zero attached hydrogens (tertiary/aromatic N) is 4. The van der Waals surface area contributed by atoms with Crippen LogP contribution < -0.4 is 4.74 Å². The molecule has 0 amide bonds. The van der Waals surface area contributed by atoms with Gasteiger partial charge in [0, 0.05) is 60.4 Å². The minimum atomic E-state index is -0.889. The van der Waals surface area contributed by atoms with Crippen molar-refractivity contribution in [2.24, 2.45) is 0 Å². The van der Waals surface area contributed by atoms with E-state index in [4.69, 9.17) is 19.3 Å². The molecule has 9 nitrogen and oxygen atoms in total. The molecule has 0 bridgehead atoms. The number of aromatic nitrogens is 3. The second-order valence-corrected chi connectivity index (χ2v) is 12.5. The maximum absolute atomic E-state index is 13.0. The van der Waals surface area contributed by atoms with Crippen molar-refractivity contribution in [3.63, 3.8) is 0 Å². The molecule has 3 aromatic carbocycles. The van der Waals surface area contributed by atoms with E-state index in [0.717, 1.165) is 108 Å². The number of morpholine rings is 1. The SMILES string of the molecule is CCc1c2c(nn1CCN1CCOCC1)COCCCCn1c(C(=O)O)c(CCCOc3cccc4ccccc34)c3cccc-2c31. The minimum Gasteiger partial charge on any atom is -0.493 e. The van der Waals surface area contributed by atoms with Gasteiger partial charge in [-0.25, -0.2) is 4.79 Å². The number of carbonyl (C=O) groups is 1. The lowest BCUT2D eigenvalue weighted by molar-refractivity contribution is 0.0358. The molecule has 2 aliphatic heterocycles. The van der Waals surface area contributed by atoms with E-state index in [2.05, 4.69) is 57.5 Å². The topological polar surface area (TPSA) is 91.0 Å². The normalized spacial score (nSPS) is 15.9. The van der Waals surface area contributed by atoms with Crippen LogP contribution in [0.15, 0.2) is 60.7 Å². The van der Waals surface area contributed by atoms with Crippen LogP contribution in [0.1, 0.15) is 53.6 Å². The quantitative estimate of drug-likeness (QED) is 0.173. The Hall–Kier alpha value is -4.18. The Bertz CT molecular complexity index is 1860. The van der Waals surface area contributed by atoms with Crippen LogP contribution in [0.5, 0.6) is 5.75 Å². The zero-order valence-corrected chi connectivity index (χ0v) is 27.2. The summed E-state index contributed by atoms with van der Waals surface area (Å²) in [5.41, 5.74) is 6.47. The third kappa shape index (κ3) is 6.40. The van der Waals surface area contributed by atoms with Gasteiger partial charge in [0.2, 0.25) is 0 Å². The number of hydrogen-bond donors (Lipinski definition) is 1. The Balaban J connectivity index is 1.25. The molecule has 5 aromatic rings. The monoisotopic (exact) mass is 636 g/mol. The Kier molecular flexibility index (Phi) is 9.56. The summed E-state index contributed by atoms with van der Waals surface area (Å²) in [5.74, 6) is -0.0337. The number of benzene rings is 3. The van der Waals surface area contributed by atoms with E-state index in [-0.39, 0.29) is 0 Å². The van der Waals surface area contributed by atoms with Gasteiger partial charge in [0.05, 0.1) is 44.2 Å². The van der Waals surface area contributed by atoms with Gasteiger partial charge in [0.25, 0.3) is 0 Å². The van der Waals surface area contributed by atoms with Crippen molar-refractivity contribution in [2.45, 2.75) is 58.7 Å². The van der Waals surface area contributed by atoms with Crippen LogP contribution in [0.4, 0.5) is 0 Å². The minimum absolute atomic E-state index is 0.386. The van der Waals surface area contributed by atoms with Gasteiger partial charge in [-0.15, -0.1) is 0 Å². The highest BCUT2D eigenvalue weighted by Crippen LogP contribution is 2.39. The van der Waals surface area contributed by atoms with Crippen molar-refractivity contribution in [3.05, 3.63) is 83.3 Å². The standard InChI is InChI=1S/C38H44N4O5/c1-2-33-35-31-14-8-13-29-30(15-9-23-47-34-16-7-11-27-10-3-4-12-28(27)34)37(38(43)44)41(36(29)31)17-5-6-22-46-26-32(35)39-42(33)19-18-40-20-24-45-25-21-40/h3-4,7-8,10-14,16H,2,5-6,9,15,17-26H2,1H3,(H,43,44). The first-order chi connectivity index (χ1) is 23.1. The number of aryl methyl sites for hydroxylation is 2. The van der Waals surface area contributed by atoms with Gasteiger partial charge in [0.1, 0.15) is 11.4 Å². The molecule has 1 saturated heterocycles. The van der Waals surface area contributed by atoms with Gasteiger partial charge in [-0.2, -0.15) is 5.10 Å². The number of ether oxygens (including phenoxy) is 3. The third-order valence-electron chi connectivity index (χ3n) is 9.59. The maximum atomic E-state index is 13.0. The number of carboxylic acid groups (broad SMARTS) is 1. The predicted molar refractivity (Wildman–Crippen MR) is 183 cm³/mol. The van der Waals surface area contributed by atoms with Crippen LogP contribution in [0.25, 0.3) is 32.8 Å². The van der Waals surface area contributed by atoms with Gasteiger partial charge in [-0.05, 0) is 49.1 Å². The molecule has 0 aliphatic carbocycles. The molecular formula is C38H44N4O5. The average molecular weight is 637 g/mol. The molecule has 0 saturated carbocycles. The maximum Gasteiger partial charge on any atom is 0.352 e. The summed E-state index contributed by atoms with van der Waals surface area (Å²) in [7, 11) is 0. The molecule has 0 radical (unpaired) electrons. The average Bonchev–Trinajstić information content (AvgIpc) is 3.61. The van der Waals surface area contributed by atoms with Crippen LogP contribution in [0.2, 0.25) is 0 Å². The molecule has 47 heavy (non-hydrogen) atoms. The molecule has 0 spiro atoms. The van der Waals surface area contributed by atoms with E-state index in [1.54, 1.807) is 0 Å². The summed E-state index contributed by atoms with van der Waals surface area (Å²) >= 11 is 0. The van der Waals surface area contributed by atoms with Gasteiger partial charge in [0.15, 0.2) is 0 Å². The lowest BCUT2D eigenvalue weighted by Gasteiger charge is -2.26. The number of fused-ring (bicyclic) bond motifs is 3. The van der Waals surface area contributed by atoms with Crippen molar-refractivity contribution in [1.29, 1.82) is 0 Å². The van der Waals surface area contributed by atoms with Crippen molar-refractivity contribution in [1.82, 2.24) is 19.2 Å². The third-order valence-corrected chi connectivity index (χ3v) is 9.59. The smallest absolute Gasteiger partial charge is 0.352 e. The molecule has 1 N–H and O–H groups in total. The van der Waals surface area contributed by atoms with Crippen molar-refractivity contribution < 1.29 is 24.1 Å². The van der Waals surface area contributed by atoms with E-state index in [1.807, 2.05) is 24.3 Å². The summed E-state index contributed by atoms with van der Waals surface area (Å²) in [6.45, 7) is 9.46. The highest BCUT2D eigenvalue weighted by molar-refractivity contribution is 6.04. The second kappa shape index (κ2) is 14.3. The number of aromatic carboxylic acids is 1. The summed E-state index contributed by atoms with van der Waals surface area (Å²) in [5, 5.41) is 19.0. The van der Waals surface area contributed by atoms with Gasteiger partial charge < -0.3 is 23.9 Å². The Morgan fingerprint density at radius 3 is 2.57 bits per heavy atom. The fraction of sp³-hybridized carbons (Fsp3) is 0.421. The van der Waals surface area contributed by atoms with Gasteiger partial charge >= 0.3 is 5.97 Å². The molecule has 2 aliphatic rings. The zero-order valence-electron chi connectivity index (χ0n) is 27.2.